The number of nitrogens with one attached hydrogen (secondary N) is 1. The number of hydrogen-bond donors (Lipinski definition) is 2. The first-order valence-corrected chi connectivity index (χ1v) is 8.06. The van der Waals surface area contributed by atoms with Crippen LogP contribution < -0.4 is 5.32 Å². The molecule has 0 saturated carbocycles. The second-order valence-corrected chi connectivity index (χ2v) is 5.93. The fraction of sp³-hybridized carbons (Fsp3) is 0.263. The van der Waals surface area contributed by atoms with E-state index in [1.54, 1.807) is 12.1 Å². The summed E-state index contributed by atoms with van der Waals surface area (Å²) in [6.07, 6.45) is 0.791. The number of aromatic hydroxyl groups is 1. The smallest absolute Gasteiger partial charge is 0.255 e. The van der Waals surface area contributed by atoms with Crippen molar-refractivity contribution in [3.8, 4) is 5.75 Å². The number of hydrogen-bond acceptors (Lipinski definition) is 3. The molecule has 2 aromatic carbocycles. The van der Waals surface area contributed by atoms with Gasteiger partial charge >= 0.3 is 0 Å². The summed E-state index contributed by atoms with van der Waals surface area (Å²) in [4.78, 5) is 16.7. The van der Waals surface area contributed by atoms with E-state index >= 15 is 0 Å². The molecule has 0 fully saturated rings. The predicted molar refractivity (Wildman–Crippen MR) is 94.3 cm³/mol. The molecule has 0 bridgehead atoms. The summed E-state index contributed by atoms with van der Waals surface area (Å²) < 4.78 is 2.16. The number of phenolic OH excluding ortho intramolecular Hbond substituents is 1. The van der Waals surface area contributed by atoms with Crippen LogP contribution in [0.25, 0.3) is 11.0 Å². The van der Waals surface area contributed by atoms with Gasteiger partial charge in [0.25, 0.3) is 5.91 Å². The Balaban J connectivity index is 1.58. The average Bonchev–Trinajstić information content (AvgIpc) is 2.87. The van der Waals surface area contributed by atoms with Gasteiger partial charge < -0.3 is 15.0 Å². The second-order valence-electron chi connectivity index (χ2n) is 5.93. The fourth-order valence-corrected chi connectivity index (χ4v) is 2.85. The minimum Gasteiger partial charge on any atom is -0.507 e. The van der Waals surface area contributed by atoms with Crippen LogP contribution in [-0.2, 0) is 6.54 Å². The lowest BCUT2D eigenvalue weighted by Gasteiger charge is -2.09. The van der Waals surface area contributed by atoms with Gasteiger partial charge in [0.1, 0.15) is 11.6 Å². The second kappa shape index (κ2) is 6.74. The Morgan fingerprint density at radius 3 is 2.79 bits per heavy atom. The number of aryl methyl sites for hydroxylation is 3. The Hall–Kier alpha value is -2.82. The van der Waals surface area contributed by atoms with Crippen molar-refractivity contribution in [3.63, 3.8) is 0 Å². The summed E-state index contributed by atoms with van der Waals surface area (Å²) in [5, 5.41) is 12.7. The number of phenols is 1. The van der Waals surface area contributed by atoms with Crippen molar-refractivity contribution < 1.29 is 9.90 Å². The molecular formula is C19H21N3O2. The molecule has 0 spiro atoms. The van der Waals surface area contributed by atoms with Crippen molar-refractivity contribution in [1.82, 2.24) is 14.9 Å². The van der Waals surface area contributed by atoms with E-state index in [4.69, 9.17) is 0 Å². The molecule has 5 heteroatoms. The molecule has 5 nitrogen and oxygen atoms in total. The van der Waals surface area contributed by atoms with Crippen LogP contribution in [0.4, 0.5) is 0 Å². The highest BCUT2D eigenvalue weighted by atomic mass is 16.3. The zero-order chi connectivity index (χ0) is 17.1. The van der Waals surface area contributed by atoms with E-state index in [2.05, 4.69) is 20.9 Å². The number of amides is 1. The number of benzene rings is 2. The number of carbonyl (C=O) groups excluding carboxylic acids is 1. The van der Waals surface area contributed by atoms with Gasteiger partial charge in [-0.05, 0) is 50.1 Å². The topological polar surface area (TPSA) is 67.2 Å². The maximum atomic E-state index is 12.1. The van der Waals surface area contributed by atoms with Crippen LogP contribution in [0.3, 0.4) is 0 Å². The predicted octanol–water partition coefficient (Wildman–Crippen LogP) is 3.18. The Morgan fingerprint density at radius 1 is 1.21 bits per heavy atom. The van der Waals surface area contributed by atoms with Gasteiger partial charge in [0.2, 0.25) is 0 Å². The molecule has 0 aliphatic rings. The van der Waals surface area contributed by atoms with Crippen LogP contribution in [0.5, 0.6) is 5.75 Å². The Labute approximate surface area is 141 Å². The first-order chi connectivity index (χ1) is 11.6. The van der Waals surface area contributed by atoms with E-state index in [1.165, 1.54) is 0 Å². The number of nitrogens with zero attached hydrogens (tertiary/aromatic N) is 2. The van der Waals surface area contributed by atoms with Gasteiger partial charge in [0.15, 0.2) is 0 Å². The van der Waals surface area contributed by atoms with Gasteiger partial charge in [0, 0.05) is 13.1 Å². The monoisotopic (exact) mass is 323 g/mol. The summed E-state index contributed by atoms with van der Waals surface area (Å²) >= 11 is 0. The number of rotatable bonds is 5. The molecule has 3 rings (SSSR count). The third kappa shape index (κ3) is 3.25. The van der Waals surface area contributed by atoms with Crippen LogP contribution in [0.15, 0.2) is 42.5 Å². The van der Waals surface area contributed by atoms with E-state index in [0.717, 1.165) is 35.4 Å². The zero-order valence-corrected chi connectivity index (χ0v) is 13.9. The van der Waals surface area contributed by atoms with E-state index in [0.29, 0.717) is 12.1 Å². The van der Waals surface area contributed by atoms with Gasteiger partial charge in [-0.1, -0.05) is 18.2 Å². The van der Waals surface area contributed by atoms with E-state index in [1.807, 2.05) is 38.1 Å². The standard InChI is InChI=1S/C19H21N3O2/c1-13-8-9-15(18(23)12-13)19(24)20-10-5-11-22-14(2)21-16-6-3-4-7-17(16)22/h3-4,6-9,12,23H,5,10-11H2,1-2H3,(H,20,24). The van der Waals surface area contributed by atoms with Crippen molar-refractivity contribution in [2.45, 2.75) is 26.8 Å². The first kappa shape index (κ1) is 16.1. The van der Waals surface area contributed by atoms with Crippen molar-refractivity contribution in [3.05, 3.63) is 59.4 Å². The molecule has 0 unspecified atom stereocenters. The number of imidazole rings is 1. The Bertz CT molecular complexity index is 883. The molecule has 24 heavy (non-hydrogen) atoms. The fourth-order valence-electron chi connectivity index (χ4n) is 2.85. The summed E-state index contributed by atoms with van der Waals surface area (Å²) in [6, 6.07) is 13.1. The summed E-state index contributed by atoms with van der Waals surface area (Å²) in [5.41, 5.74) is 3.33. The molecule has 3 aromatic rings. The molecule has 1 heterocycles. The third-order valence-electron chi connectivity index (χ3n) is 4.09. The number of fused-ring (bicyclic) bond motifs is 1. The molecular weight excluding hydrogens is 302 g/mol. The molecule has 0 radical (unpaired) electrons. The molecule has 0 atom stereocenters. The third-order valence-corrected chi connectivity index (χ3v) is 4.09. The van der Waals surface area contributed by atoms with Gasteiger partial charge in [-0.2, -0.15) is 0 Å². The van der Waals surface area contributed by atoms with Crippen LogP contribution in [-0.4, -0.2) is 27.1 Å². The highest BCUT2D eigenvalue weighted by Gasteiger charge is 2.11. The summed E-state index contributed by atoms with van der Waals surface area (Å²) in [7, 11) is 0. The minimum atomic E-state index is -0.250. The zero-order valence-electron chi connectivity index (χ0n) is 13.9. The molecule has 1 aromatic heterocycles. The van der Waals surface area contributed by atoms with Crippen LogP contribution >= 0.6 is 0 Å². The van der Waals surface area contributed by atoms with E-state index in [9.17, 15) is 9.90 Å². The number of carbonyl (C=O) groups is 1. The number of aromatic nitrogens is 2. The lowest BCUT2D eigenvalue weighted by atomic mass is 10.1. The van der Waals surface area contributed by atoms with Gasteiger partial charge in [-0.15, -0.1) is 0 Å². The normalized spacial score (nSPS) is 10.9. The van der Waals surface area contributed by atoms with Gasteiger partial charge in [-0.25, -0.2) is 4.98 Å². The lowest BCUT2D eigenvalue weighted by molar-refractivity contribution is 0.0950. The molecule has 1 amide bonds. The van der Waals surface area contributed by atoms with E-state index < -0.39 is 0 Å². The lowest BCUT2D eigenvalue weighted by Crippen LogP contribution is -2.25. The van der Waals surface area contributed by atoms with Gasteiger partial charge in [0.05, 0.1) is 16.6 Å². The quantitative estimate of drug-likeness (QED) is 0.709. The molecule has 0 aliphatic carbocycles. The average molecular weight is 323 g/mol. The Kier molecular flexibility index (Phi) is 4.51. The highest BCUT2D eigenvalue weighted by molar-refractivity contribution is 5.96. The molecule has 0 saturated heterocycles. The Morgan fingerprint density at radius 2 is 2.00 bits per heavy atom. The largest absolute Gasteiger partial charge is 0.507 e. The van der Waals surface area contributed by atoms with E-state index in [-0.39, 0.29) is 11.7 Å². The maximum absolute atomic E-state index is 12.1. The first-order valence-electron chi connectivity index (χ1n) is 8.06. The van der Waals surface area contributed by atoms with Crippen LogP contribution in [0, 0.1) is 13.8 Å². The minimum absolute atomic E-state index is 0.0175. The highest BCUT2D eigenvalue weighted by Crippen LogP contribution is 2.18. The van der Waals surface area contributed by atoms with Crippen molar-refractivity contribution in [2.24, 2.45) is 0 Å². The van der Waals surface area contributed by atoms with Crippen molar-refractivity contribution in [2.75, 3.05) is 6.54 Å². The molecule has 0 aliphatic heterocycles. The molecule has 124 valence electrons. The maximum Gasteiger partial charge on any atom is 0.255 e. The van der Waals surface area contributed by atoms with Crippen LogP contribution in [0.2, 0.25) is 0 Å². The molecule has 2 N–H and O–H groups in total. The summed E-state index contributed by atoms with van der Waals surface area (Å²) in [6.45, 7) is 5.19. The van der Waals surface area contributed by atoms with Gasteiger partial charge in [-0.3, -0.25) is 4.79 Å². The number of para-hydroxylation sites is 2. The summed E-state index contributed by atoms with van der Waals surface area (Å²) in [5.74, 6) is 0.738. The van der Waals surface area contributed by atoms with Crippen molar-refractivity contribution in [1.29, 1.82) is 0 Å². The van der Waals surface area contributed by atoms with Crippen molar-refractivity contribution >= 4 is 16.9 Å². The van der Waals surface area contributed by atoms with Crippen LogP contribution in [0.1, 0.15) is 28.2 Å². The SMILES string of the molecule is Cc1ccc(C(=O)NCCCn2c(C)nc3ccccc32)c(O)c1.